The molecule has 0 aromatic carbocycles. The van der Waals surface area contributed by atoms with Crippen LogP contribution in [0.1, 0.15) is 33.1 Å². The van der Waals surface area contributed by atoms with Gasteiger partial charge in [-0.2, -0.15) is 12.6 Å². The smallest absolute Gasteiger partial charge is 0.327 e. The zero-order chi connectivity index (χ0) is 24.3. The van der Waals surface area contributed by atoms with Gasteiger partial charge in [0.05, 0.1) is 12.5 Å². The van der Waals surface area contributed by atoms with Gasteiger partial charge in [-0.25, -0.2) is 4.79 Å². The Labute approximate surface area is 184 Å². The first-order chi connectivity index (χ1) is 14.3. The monoisotopic (exact) mass is 463 g/mol. The van der Waals surface area contributed by atoms with Gasteiger partial charge in [0.2, 0.25) is 23.6 Å². The molecule has 0 aliphatic heterocycles. The Morgan fingerprint density at radius 2 is 1.45 bits per heavy atom. The standard InChI is InChI=1S/C17H29N5O8S/c1-7(2)13(22-14(26)8(18)5-11(19)23)16(28)20-9(3-4-12(24)25)15(27)21-10(6-31)17(29)30/h7-10,13,31H,3-6,18H2,1-2H3,(H2,19,23)(H,20,28)(H,21,27)(H,22,26)(H,24,25)(H,29,30). The number of amides is 4. The number of rotatable bonds is 14. The fourth-order valence-electron chi connectivity index (χ4n) is 2.36. The van der Waals surface area contributed by atoms with Crippen LogP contribution in [-0.2, 0) is 28.8 Å². The third kappa shape index (κ3) is 10.6. The number of hydrogen-bond acceptors (Lipinski definition) is 8. The van der Waals surface area contributed by atoms with Gasteiger partial charge in [-0.15, -0.1) is 0 Å². The Kier molecular flexibility index (Phi) is 12.2. The number of aliphatic carboxylic acids is 2. The lowest BCUT2D eigenvalue weighted by molar-refractivity contribution is -0.142. The summed E-state index contributed by atoms with van der Waals surface area (Å²) in [5.74, 6) is -6.67. The summed E-state index contributed by atoms with van der Waals surface area (Å²) < 4.78 is 0. The molecule has 0 heterocycles. The highest BCUT2D eigenvalue weighted by Gasteiger charge is 2.31. The largest absolute Gasteiger partial charge is 0.481 e. The normalized spacial score (nSPS) is 14.6. The second-order valence-corrected chi connectivity index (χ2v) is 7.45. The van der Waals surface area contributed by atoms with Crippen LogP contribution in [0.25, 0.3) is 0 Å². The van der Waals surface area contributed by atoms with Crippen LogP contribution >= 0.6 is 12.6 Å². The second kappa shape index (κ2) is 13.4. The fraction of sp³-hybridized carbons (Fsp3) is 0.647. The molecular formula is C17H29N5O8S. The van der Waals surface area contributed by atoms with Crippen LogP contribution in [-0.4, -0.2) is 75.7 Å². The number of nitrogens with two attached hydrogens (primary N) is 2. The van der Waals surface area contributed by atoms with E-state index >= 15 is 0 Å². The van der Waals surface area contributed by atoms with E-state index in [-0.39, 0.29) is 12.2 Å². The quantitative estimate of drug-likeness (QED) is 0.124. The molecule has 0 rings (SSSR count). The summed E-state index contributed by atoms with van der Waals surface area (Å²) in [6.07, 6.45) is -1.26. The zero-order valence-electron chi connectivity index (χ0n) is 17.2. The van der Waals surface area contributed by atoms with Crippen LogP contribution in [0.4, 0.5) is 0 Å². The maximum Gasteiger partial charge on any atom is 0.327 e. The van der Waals surface area contributed by atoms with Crippen molar-refractivity contribution in [2.24, 2.45) is 17.4 Å². The van der Waals surface area contributed by atoms with Gasteiger partial charge in [0, 0.05) is 12.2 Å². The molecule has 4 amide bonds. The van der Waals surface area contributed by atoms with Crippen LogP contribution in [0, 0.1) is 5.92 Å². The van der Waals surface area contributed by atoms with E-state index in [0.29, 0.717) is 0 Å². The molecule has 0 fully saturated rings. The van der Waals surface area contributed by atoms with Crippen molar-refractivity contribution >= 4 is 48.2 Å². The van der Waals surface area contributed by atoms with E-state index in [0.717, 1.165) is 0 Å². The Balaban J connectivity index is 5.41. The van der Waals surface area contributed by atoms with E-state index in [1.807, 2.05) is 0 Å². The van der Waals surface area contributed by atoms with Gasteiger partial charge in [-0.3, -0.25) is 24.0 Å². The summed E-state index contributed by atoms with van der Waals surface area (Å²) in [5.41, 5.74) is 10.6. The zero-order valence-corrected chi connectivity index (χ0v) is 18.1. The summed E-state index contributed by atoms with van der Waals surface area (Å²) >= 11 is 3.82. The van der Waals surface area contributed by atoms with Crippen LogP contribution < -0.4 is 27.4 Å². The Hall–Kier alpha value is -2.87. The SMILES string of the molecule is CC(C)C(NC(=O)C(N)CC(N)=O)C(=O)NC(CCC(=O)O)C(=O)NC(CS)C(=O)O. The van der Waals surface area contributed by atoms with Crippen molar-refractivity contribution < 1.29 is 39.0 Å². The van der Waals surface area contributed by atoms with E-state index in [4.69, 9.17) is 21.7 Å². The Morgan fingerprint density at radius 1 is 0.903 bits per heavy atom. The fourth-order valence-corrected chi connectivity index (χ4v) is 2.61. The third-order valence-electron chi connectivity index (χ3n) is 4.08. The highest BCUT2D eigenvalue weighted by molar-refractivity contribution is 7.80. The number of carboxylic acid groups (broad SMARTS) is 2. The summed E-state index contributed by atoms with van der Waals surface area (Å²) in [4.78, 5) is 70.2. The van der Waals surface area contributed by atoms with Crippen LogP contribution in [0.15, 0.2) is 0 Å². The maximum absolute atomic E-state index is 12.7. The van der Waals surface area contributed by atoms with Crippen LogP contribution in [0.5, 0.6) is 0 Å². The molecule has 4 atom stereocenters. The molecule has 0 saturated carbocycles. The third-order valence-corrected chi connectivity index (χ3v) is 4.45. The number of hydrogen-bond donors (Lipinski definition) is 8. The lowest BCUT2D eigenvalue weighted by Gasteiger charge is -2.26. The van der Waals surface area contributed by atoms with E-state index < -0.39 is 78.5 Å². The predicted molar refractivity (Wildman–Crippen MR) is 111 cm³/mol. The number of nitrogens with one attached hydrogen (secondary N) is 3. The minimum absolute atomic E-state index is 0.233. The maximum atomic E-state index is 12.7. The molecule has 0 radical (unpaired) electrons. The molecule has 0 aliphatic carbocycles. The topological polar surface area (TPSA) is 231 Å². The molecule has 9 N–H and O–H groups in total. The molecular weight excluding hydrogens is 434 g/mol. The lowest BCUT2D eigenvalue weighted by Crippen LogP contribution is -2.58. The van der Waals surface area contributed by atoms with Gasteiger partial charge in [0.15, 0.2) is 0 Å². The summed E-state index contributed by atoms with van der Waals surface area (Å²) in [7, 11) is 0. The van der Waals surface area contributed by atoms with Crippen molar-refractivity contribution in [1.82, 2.24) is 16.0 Å². The van der Waals surface area contributed by atoms with Crippen molar-refractivity contribution in [2.45, 2.75) is 57.3 Å². The van der Waals surface area contributed by atoms with Crippen LogP contribution in [0.2, 0.25) is 0 Å². The van der Waals surface area contributed by atoms with Gasteiger partial charge in [-0.1, -0.05) is 13.8 Å². The number of carboxylic acids is 2. The Bertz CT molecular complexity index is 702. The lowest BCUT2D eigenvalue weighted by atomic mass is 10.0. The van der Waals surface area contributed by atoms with Crippen molar-refractivity contribution in [3.05, 3.63) is 0 Å². The first kappa shape index (κ1) is 28.1. The van der Waals surface area contributed by atoms with Crippen molar-refractivity contribution in [3.8, 4) is 0 Å². The highest BCUT2D eigenvalue weighted by Crippen LogP contribution is 2.06. The van der Waals surface area contributed by atoms with E-state index in [1.54, 1.807) is 13.8 Å². The van der Waals surface area contributed by atoms with E-state index in [9.17, 15) is 28.8 Å². The molecule has 0 aromatic rings. The van der Waals surface area contributed by atoms with E-state index in [2.05, 4.69) is 28.6 Å². The Morgan fingerprint density at radius 3 is 1.87 bits per heavy atom. The minimum atomic E-state index is -1.39. The number of primary amides is 1. The first-order valence-corrected chi connectivity index (χ1v) is 9.93. The van der Waals surface area contributed by atoms with E-state index in [1.165, 1.54) is 0 Å². The number of thiol groups is 1. The number of carbonyl (C=O) groups is 6. The summed E-state index contributed by atoms with van der Waals surface area (Å²) in [6, 6.07) is -5.20. The van der Waals surface area contributed by atoms with Gasteiger partial charge in [-0.05, 0) is 12.3 Å². The second-order valence-electron chi connectivity index (χ2n) is 7.08. The van der Waals surface area contributed by atoms with Crippen LogP contribution in [0.3, 0.4) is 0 Å². The summed E-state index contributed by atoms with van der Waals surface area (Å²) in [6.45, 7) is 3.19. The molecule has 14 heteroatoms. The van der Waals surface area contributed by atoms with Crippen molar-refractivity contribution in [1.29, 1.82) is 0 Å². The highest BCUT2D eigenvalue weighted by atomic mass is 32.1. The molecule has 176 valence electrons. The molecule has 0 saturated heterocycles. The van der Waals surface area contributed by atoms with Gasteiger partial charge in [0.25, 0.3) is 0 Å². The van der Waals surface area contributed by atoms with Gasteiger partial charge in [0.1, 0.15) is 18.1 Å². The average molecular weight is 464 g/mol. The number of carbonyl (C=O) groups excluding carboxylic acids is 4. The molecule has 13 nitrogen and oxygen atoms in total. The molecule has 0 aromatic heterocycles. The molecule has 0 bridgehead atoms. The summed E-state index contributed by atoms with van der Waals surface area (Å²) in [5, 5.41) is 24.8. The van der Waals surface area contributed by atoms with Crippen molar-refractivity contribution in [3.63, 3.8) is 0 Å². The average Bonchev–Trinajstić information content (AvgIpc) is 2.65. The van der Waals surface area contributed by atoms with Crippen molar-refractivity contribution in [2.75, 3.05) is 5.75 Å². The minimum Gasteiger partial charge on any atom is -0.481 e. The molecule has 4 unspecified atom stereocenters. The molecule has 0 aliphatic rings. The first-order valence-electron chi connectivity index (χ1n) is 9.30. The van der Waals surface area contributed by atoms with Gasteiger partial charge >= 0.3 is 11.9 Å². The molecule has 31 heavy (non-hydrogen) atoms. The van der Waals surface area contributed by atoms with Gasteiger partial charge < -0.3 is 37.6 Å². The predicted octanol–water partition coefficient (Wildman–Crippen LogP) is -2.82. The molecule has 0 spiro atoms.